The van der Waals surface area contributed by atoms with Crippen molar-refractivity contribution in [3.8, 4) is 0 Å². The topological polar surface area (TPSA) is 86.6 Å². The lowest BCUT2D eigenvalue weighted by molar-refractivity contribution is -0.134. The molecule has 1 unspecified atom stereocenters. The van der Waals surface area contributed by atoms with E-state index < -0.39 is 5.97 Å². The average Bonchev–Trinajstić information content (AvgIpc) is 2.81. The second kappa shape index (κ2) is 10.5. The highest BCUT2D eigenvalue weighted by Gasteiger charge is 2.16. The Morgan fingerprint density at radius 1 is 1.35 bits per heavy atom. The summed E-state index contributed by atoms with van der Waals surface area (Å²) in [6, 6.07) is 5.78. The van der Waals surface area contributed by atoms with E-state index in [1.165, 1.54) is 12.0 Å². The van der Waals surface area contributed by atoms with Crippen molar-refractivity contribution in [2.24, 2.45) is 0 Å². The number of hydrogen-bond donors (Lipinski definition) is 3. The normalized spacial score (nSPS) is 16.2. The Morgan fingerprint density at radius 3 is 2.15 bits per heavy atom. The first-order valence-electron chi connectivity index (χ1n) is 5.84. The molecule has 3 N–H and O–H groups in total. The van der Waals surface area contributed by atoms with Gasteiger partial charge in [0.05, 0.1) is 0 Å². The molecule has 0 aromatic heterocycles. The van der Waals surface area contributed by atoms with Gasteiger partial charge in [0.2, 0.25) is 0 Å². The standard InChI is InChI=1S/C10H11Cl2N.C2H4O2.CH2O2/c11-9-3-8(4-10(12)5-9)7-1-2-13-6-7;1-2(3)4;2-1-3/h3-5,7,13H,1-2,6H2;1H3,(H,3,4);1H,(H,2,3). The quantitative estimate of drug-likeness (QED) is 0.692. The lowest BCUT2D eigenvalue weighted by atomic mass is 9.99. The van der Waals surface area contributed by atoms with Gasteiger partial charge in [0.15, 0.2) is 0 Å². The number of halogens is 2. The van der Waals surface area contributed by atoms with Crippen molar-refractivity contribution in [3.05, 3.63) is 33.8 Å². The van der Waals surface area contributed by atoms with Crippen LogP contribution in [0.15, 0.2) is 18.2 Å². The van der Waals surface area contributed by atoms with Gasteiger partial charge in [-0.25, -0.2) is 0 Å². The summed E-state index contributed by atoms with van der Waals surface area (Å²) in [4.78, 5) is 17.4. The molecule has 1 aromatic carbocycles. The zero-order valence-electron chi connectivity index (χ0n) is 11.0. The van der Waals surface area contributed by atoms with E-state index in [0.717, 1.165) is 30.1 Å². The average molecular weight is 322 g/mol. The highest BCUT2D eigenvalue weighted by atomic mass is 35.5. The molecule has 1 aromatic rings. The molecule has 0 radical (unpaired) electrons. The fourth-order valence-corrected chi connectivity index (χ4v) is 2.29. The van der Waals surface area contributed by atoms with E-state index in [9.17, 15) is 0 Å². The largest absolute Gasteiger partial charge is 0.483 e. The molecule has 0 bridgehead atoms. The van der Waals surface area contributed by atoms with Crippen molar-refractivity contribution < 1.29 is 19.8 Å². The zero-order valence-corrected chi connectivity index (χ0v) is 12.5. The van der Waals surface area contributed by atoms with E-state index in [-0.39, 0.29) is 6.47 Å². The number of carboxylic acids is 1. The smallest absolute Gasteiger partial charge is 0.300 e. The maximum absolute atomic E-state index is 9.00. The van der Waals surface area contributed by atoms with E-state index in [2.05, 4.69) is 5.32 Å². The zero-order chi connectivity index (χ0) is 15.5. The molecule has 5 nitrogen and oxygen atoms in total. The molecular weight excluding hydrogens is 305 g/mol. The summed E-state index contributed by atoms with van der Waals surface area (Å²) in [6.45, 7) is 2.96. The third kappa shape index (κ3) is 8.74. The number of benzene rings is 1. The molecule has 2 rings (SSSR count). The van der Waals surface area contributed by atoms with Gasteiger partial charge < -0.3 is 15.5 Å². The van der Waals surface area contributed by atoms with Crippen molar-refractivity contribution >= 4 is 35.6 Å². The maximum atomic E-state index is 9.00. The second-order valence-electron chi connectivity index (χ2n) is 4.02. The van der Waals surface area contributed by atoms with Gasteiger partial charge in [-0.3, -0.25) is 9.59 Å². The molecule has 0 amide bonds. The molecule has 7 heteroatoms. The lowest BCUT2D eigenvalue weighted by Gasteiger charge is -2.09. The SMILES string of the molecule is CC(=O)O.Clc1cc(Cl)cc(C2CCNC2)c1.O=CO. The first-order chi connectivity index (χ1) is 9.40. The highest BCUT2D eigenvalue weighted by Crippen LogP contribution is 2.27. The van der Waals surface area contributed by atoms with Crippen LogP contribution in [-0.4, -0.2) is 35.7 Å². The molecule has 0 saturated carbocycles. The molecular formula is C13H17Cl2NO4. The van der Waals surface area contributed by atoms with Crippen molar-refractivity contribution in [1.29, 1.82) is 0 Å². The molecule has 1 aliphatic rings. The van der Waals surface area contributed by atoms with E-state index in [0.29, 0.717) is 5.92 Å². The fourth-order valence-electron chi connectivity index (χ4n) is 1.75. The van der Waals surface area contributed by atoms with E-state index in [4.69, 9.17) is 43.0 Å². The van der Waals surface area contributed by atoms with Crippen LogP contribution in [0.4, 0.5) is 0 Å². The maximum Gasteiger partial charge on any atom is 0.300 e. The van der Waals surface area contributed by atoms with Crippen LogP contribution >= 0.6 is 23.2 Å². The van der Waals surface area contributed by atoms with Gasteiger partial charge >= 0.3 is 0 Å². The van der Waals surface area contributed by atoms with Crippen LogP contribution in [0, 0.1) is 0 Å². The predicted octanol–water partition coefficient (Wildman–Crippen LogP) is 2.86. The van der Waals surface area contributed by atoms with Crippen LogP contribution in [0.3, 0.4) is 0 Å². The van der Waals surface area contributed by atoms with Gasteiger partial charge in [-0.2, -0.15) is 0 Å². The Kier molecular flexibility index (Phi) is 9.80. The number of rotatable bonds is 1. The van der Waals surface area contributed by atoms with Crippen LogP contribution in [0.2, 0.25) is 10.0 Å². The van der Waals surface area contributed by atoms with Crippen molar-refractivity contribution in [2.45, 2.75) is 19.3 Å². The van der Waals surface area contributed by atoms with E-state index >= 15 is 0 Å². The van der Waals surface area contributed by atoms with Crippen LogP contribution in [0.25, 0.3) is 0 Å². The minimum Gasteiger partial charge on any atom is -0.483 e. The van der Waals surface area contributed by atoms with E-state index in [1.807, 2.05) is 12.1 Å². The Hall–Kier alpha value is -1.30. The minimum atomic E-state index is -0.833. The third-order valence-corrected chi connectivity index (χ3v) is 2.85. The molecule has 0 spiro atoms. The summed E-state index contributed by atoms with van der Waals surface area (Å²) in [7, 11) is 0. The molecule has 0 aliphatic carbocycles. The first-order valence-corrected chi connectivity index (χ1v) is 6.60. The Balaban J connectivity index is 0.000000438. The van der Waals surface area contributed by atoms with Crippen LogP contribution in [-0.2, 0) is 9.59 Å². The summed E-state index contributed by atoms with van der Waals surface area (Å²) < 4.78 is 0. The van der Waals surface area contributed by atoms with Gasteiger partial charge in [-0.05, 0) is 42.6 Å². The summed E-state index contributed by atoms with van der Waals surface area (Å²) in [5.41, 5.74) is 1.25. The van der Waals surface area contributed by atoms with Gasteiger partial charge in [0.25, 0.3) is 12.4 Å². The summed E-state index contributed by atoms with van der Waals surface area (Å²) in [5.74, 6) is -0.254. The minimum absolute atomic E-state index is 0.250. The van der Waals surface area contributed by atoms with Gasteiger partial charge in [0, 0.05) is 23.5 Å². The molecule has 1 heterocycles. The second-order valence-corrected chi connectivity index (χ2v) is 4.89. The van der Waals surface area contributed by atoms with Gasteiger partial charge in [-0.1, -0.05) is 23.2 Å². The fraction of sp³-hybridized carbons (Fsp3) is 0.385. The van der Waals surface area contributed by atoms with E-state index in [1.54, 1.807) is 6.07 Å². The number of carboxylic acid groups (broad SMARTS) is 2. The van der Waals surface area contributed by atoms with Gasteiger partial charge in [0.1, 0.15) is 0 Å². The molecule has 1 saturated heterocycles. The monoisotopic (exact) mass is 321 g/mol. The number of carbonyl (C=O) groups is 2. The Labute approximate surface area is 127 Å². The molecule has 112 valence electrons. The Bertz CT molecular complexity index is 410. The molecule has 1 atom stereocenters. The third-order valence-electron chi connectivity index (χ3n) is 2.42. The summed E-state index contributed by atoms with van der Waals surface area (Å²) >= 11 is 11.8. The van der Waals surface area contributed by atoms with Crippen LogP contribution in [0.5, 0.6) is 0 Å². The first kappa shape index (κ1) is 18.7. The number of aliphatic carboxylic acids is 1. The highest BCUT2D eigenvalue weighted by molar-refractivity contribution is 6.34. The summed E-state index contributed by atoms with van der Waals surface area (Å²) in [6.07, 6.45) is 1.18. The lowest BCUT2D eigenvalue weighted by Crippen LogP contribution is -2.07. The number of hydrogen-bond acceptors (Lipinski definition) is 3. The summed E-state index contributed by atoms with van der Waals surface area (Å²) in [5, 5.41) is 19.1. The molecule has 20 heavy (non-hydrogen) atoms. The Morgan fingerprint density at radius 2 is 1.80 bits per heavy atom. The number of nitrogens with one attached hydrogen (secondary N) is 1. The van der Waals surface area contributed by atoms with Gasteiger partial charge in [-0.15, -0.1) is 0 Å². The predicted molar refractivity (Wildman–Crippen MR) is 78.7 cm³/mol. The molecule has 1 fully saturated rings. The van der Waals surface area contributed by atoms with Crippen molar-refractivity contribution in [1.82, 2.24) is 5.32 Å². The van der Waals surface area contributed by atoms with Crippen LogP contribution in [0.1, 0.15) is 24.8 Å². The van der Waals surface area contributed by atoms with Crippen molar-refractivity contribution in [3.63, 3.8) is 0 Å². The van der Waals surface area contributed by atoms with Crippen molar-refractivity contribution in [2.75, 3.05) is 13.1 Å². The van der Waals surface area contributed by atoms with Crippen LogP contribution < -0.4 is 5.32 Å². The molecule has 1 aliphatic heterocycles.